The fourth-order valence-corrected chi connectivity index (χ4v) is 10.3. The highest BCUT2D eigenvalue weighted by molar-refractivity contribution is 7.51. The van der Waals surface area contributed by atoms with Gasteiger partial charge >= 0.3 is 7.60 Å². The van der Waals surface area contributed by atoms with Crippen LogP contribution in [0.15, 0.2) is 0 Å². The van der Waals surface area contributed by atoms with Crippen molar-refractivity contribution >= 4 is 48.9 Å². The molecule has 3 rings (SSSR count). The van der Waals surface area contributed by atoms with E-state index in [1.807, 2.05) is 0 Å². The van der Waals surface area contributed by atoms with Gasteiger partial charge in [0.1, 0.15) is 73.1 Å². The van der Waals surface area contributed by atoms with E-state index < -0.39 is 156 Å². The number of rotatable bonds is 42. The van der Waals surface area contributed by atoms with Crippen molar-refractivity contribution in [1.29, 1.82) is 0 Å². The number of nitrogens with zero attached hydrogens (tertiary/aromatic N) is 2. The molecule has 16 N–H and O–H groups in total. The maximum Gasteiger partial charge on any atom is 0.325 e. The predicted octanol–water partition coefficient (Wildman–Crippen LogP) is -5.59. The molecule has 0 aromatic rings. The van der Waals surface area contributed by atoms with Gasteiger partial charge in [-0.05, 0) is 57.8 Å². The zero-order valence-corrected chi connectivity index (χ0v) is 51.6. The Morgan fingerprint density at radius 3 is 1.23 bits per heavy atom. The summed E-state index contributed by atoms with van der Waals surface area (Å²) in [5, 5.41) is 115. The average Bonchev–Trinajstić information content (AvgIpc) is 2.53. The second-order valence-electron chi connectivity index (χ2n) is 22.1. The van der Waals surface area contributed by atoms with Crippen molar-refractivity contribution in [2.45, 2.75) is 209 Å². The standard InChI is InChI=1S/C54H98N7O26P/c1-32(65)57-42-48(75)45(72)36(28-62)85-52(42)81-25-11-5-7-16-39(69)55-19-14-23-60(41(71)18-8-6-12-26-82-53-43(58-33(2)66)49(76)46(73)37(29-63)86-53)21-9-10-22-61(51(78)35(68)31-84-88(4,79)80)24-15-20-56-40(70)17-13-27-83-54-44(59-34(3)67)50(77)47(74)38(30-64)87-54/h35-38,42-50,52-54,62-64,68,72-77H,5-31H2,1-4H3,(H,55,69)(H,56,70)(H,57,65)(H,58,66)(H,59,67)(H,79,80)/t35?,36?,37?,38?,42?,43?,44?,45-,46-,47-,48+,49+,50+,52+,53+,54+/m0/s1. The molecule has 7 amide bonds. The van der Waals surface area contributed by atoms with Crippen LogP contribution in [0.25, 0.3) is 0 Å². The Morgan fingerprint density at radius 2 is 0.841 bits per heavy atom. The Labute approximate surface area is 511 Å². The molecule has 510 valence electrons. The van der Waals surface area contributed by atoms with E-state index in [-0.39, 0.29) is 109 Å². The minimum atomic E-state index is -4.07. The summed E-state index contributed by atoms with van der Waals surface area (Å²) in [7, 11) is -4.07. The number of amides is 7. The van der Waals surface area contributed by atoms with Crippen molar-refractivity contribution in [2.75, 3.05) is 92.2 Å². The van der Waals surface area contributed by atoms with E-state index >= 15 is 0 Å². The van der Waals surface area contributed by atoms with Gasteiger partial charge < -0.3 is 125 Å². The Bertz CT molecular complexity index is 2160. The first-order chi connectivity index (χ1) is 41.7. The van der Waals surface area contributed by atoms with Crippen LogP contribution in [0.5, 0.6) is 0 Å². The first-order valence-corrected chi connectivity index (χ1v) is 32.0. The first kappa shape index (κ1) is 78.0. The smallest absolute Gasteiger partial charge is 0.325 e. The van der Waals surface area contributed by atoms with Crippen LogP contribution < -0.4 is 26.6 Å². The highest BCUT2D eigenvalue weighted by atomic mass is 31.2. The summed E-state index contributed by atoms with van der Waals surface area (Å²) in [6.45, 7) is 2.92. The molecule has 34 heteroatoms. The Morgan fingerprint density at radius 1 is 0.489 bits per heavy atom. The zero-order valence-electron chi connectivity index (χ0n) is 50.7. The van der Waals surface area contributed by atoms with E-state index in [9.17, 15) is 94.1 Å². The number of carbonyl (C=O) groups excluding carboxylic acids is 7. The minimum Gasteiger partial charge on any atom is -0.394 e. The van der Waals surface area contributed by atoms with Crippen LogP contribution >= 0.6 is 7.60 Å². The van der Waals surface area contributed by atoms with Crippen LogP contribution in [-0.2, 0) is 71.1 Å². The molecule has 3 aliphatic heterocycles. The van der Waals surface area contributed by atoms with E-state index in [4.69, 9.17) is 32.9 Å². The second kappa shape index (κ2) is 41.3. The van der Waals surface area contributed by atoms with Crippen LogP contribution in [0.3, 0.4) is 0 Å². The van der Waals surface area contributed by atoms with Crippen molar-refractivity contribution in [2.24, 2.45) is 0 Å². The molecule has 0 bridgehead atoms. The molecular formula is C54H98N7O26P. The topological polar surface area (TPSA) is 490 Å². The number of hydrogen-bond acceptors (Lipinski definition) is 25. The lowest BCUT2D eigenvalue weighted by Gasteiger charge is -2.42. The van der Waals surface area contributed by atoms with Gasteiger partial charge in [-0.1, -0.05) is 12.8 Å². The molecule has 0 aliphatic carbocycles. The van der Waals surface area contributed by atoms with E-state index in [1.165, 1.54) is 25.7 Å². The molecule has 88 heavy (non-hydrogen) atoms. The van der Waals surface area contributed by atoms with E-state index in [0.717, 1.165) is 6.66 Å². The van der Waals surface area contributed by atoms with Crippen molar-refractivity contribution in [3.8, 4) is 0 Å². The zero-order chi connectivity index (χ0) is 65.5. The van der Waals surface area contributed by atoms with Crippen molar-refractivity contribution in [3.63, 3.8) is 0 Å². The van der Waals surface area contributed by atoms with E-state index in [1.54, 1.807) is 4.90 Å². The lowest BCUT2D eigenvalue weighted by Crippen LogP contribution is -2.64. The number of nitrogens with one attached hydrogen (secondary N) is 5. The fourth-order valence-electron chi connectivity index (χ4n) is 9.91. The van der Waals surface area contributed by atoms with Gasteiger partial charge in [0.2, 0.25) is 35.4 Å². The van der Waals surface area contributed by atoms with Gasteiger partial charge in [0.05, 0.1) is 33.0 Å². The molecule has 3 heterocycles. The van der Waals surface area contributed by atoms with E-state index in [2.05, 4.69) is 26.6 Å². The van der Waals surface area contributed by atoms with Crippen molar-refractivity contribution in [3.05, 3.63) is 0 Å². The maximum absolute atomic E-state index is 13.8. The van der Waals surface area contributed by atoms with Gasteiger partial charge in [-0.3, -0.25) is 38.1 Å². The van der Waals surface area contributed by atoms with Gasteiger partial charge in [-0.25, -0.2) is 0 Å². The van der Waals surface area contributed by atoms with Gasteiger partial charge in [0, 0.05) is 99.2 Å². The van der Waals surface area contributed by atoms with Crippen molar-refractivity contribution in [1.82, 2.24) is 36.4 Å². The number of ether oxygens (including phenoxy) is 6. The van der Waals surface area contributed by atoms with Gasteiger partial charge in [0.15, 0.2) is 25.0 Å². The number of aliphatic hydroxyl groups is 10. The molecule has 17 atom stereocenters. The van der Waals surface area contributed by atoms with Gasteiger partial charge in [-0.2, -0.15) is 0 Å². The lowest BCUT2D eigenvalue weighted by molar-refractivity contribution is -0.270. The van der Waals surface area contributed by atoms with Crippen LogP contribution in [0.1, 0.15) is 111 Å². The minimum absolute atomic E-state index is 0.0233. The summed E-state index contributed by atoms with van der Waals surface area (Å²) in [6.07, 6.45) is -13.2. The van der Waals surface area contributed by atoms with Crippen LogP contribution in [0, 0.1) is 0 Å². The molecule has 0 aromatic carbocycles. The number of carbonyl (C=O) groups is 7. The maximum atomic E-state index is 13.8. The number of unbranched alkanes of at least 4 members (excludes halogenated alkanes) is 5. The fraction of sp³-hybridized carbons (Fsp3) is 0.870. The summed E-state index contributed by atoms with van der Waals surface area (Å²) in [5.41, 5.74) is 0. The number of hydrogen-bond donors (Lipinski definition) is 16. The summed E-state index contributed by atoms with van der Waals surface area (Å²) in [6, 6.07) is -3.36. The summed E-state index contributed by atoms with van der Waals surface area (Å²) >= 11 is 0. The third-order valence-corrected chi connectivity index (χ3v) is 15.2. The Kier molecular flexibility index (Phi) is 36.6. The normalized spacial score (nSPS) is 28.1. The van der Waals surface area contributed by atoms with E-state index in [0.29, 0.717) is 57.8 Å². The third-order valence-electron chi connectivity index (χ3n) is 14.6. The van der Waals surface area contributed by atoms with Gasteiger partial charge in [0.25, 0.3) is 5.91 Å². The summed E-state index contributed by atoms with van der Waals surface area (Å²) in [4.78, 5) is 101. The third kappa shape index (κ3) is 28.1. The molecule has 0 spiro atoms. The first-order valence-electron chi connectivity index (χ1n) is 30.0. The summed E-state index contributed by atoms with van der Waals surface area (Å²) < 4.78 is 50.5. The average molecular weight is 1290 g/mol. The van der Waals surface area contributed by atoms with Gasteiger partial charge in [-0.15, -0.1) is 0 Å². The molecule has 33 nitrogen and oxygen atoms in total. The van der Waals surface area contributed by atoms with Crippen LogP contribution in [-0.4, -0.2) is 297 Å². The van der Waals surface area contributed by atoms with Crippen molar-refractivity contribution < 1.29 is 127 Å². The molecule has 3 fully saturated rings. The Balaban J connectivity index is 1.56. The number of aliphatic hydroxyl groups excluding tert-OH is 10. The molecular weight excluding hydrogens is 1190 g/mol. The SMILES string of the molecule is CC(=O)NC1[C@H](OCCCCCC(=O)NCCCN(CCCCN(CCCNC(=O)CCCO[C@@H]2OC(CO)[C@H](O)[C@H](O)C2NC(C)=O)C(=O)C(O)COP(C)(=O)O)C(=O)CCCCCO[C@@H]2OC(CO)[C@H](O)[C@H](O)C2NC(C)=O)OC(CO)[C@H](O)[C@@H]1O. The molecule has 0 radical (unpaired) electrons. The highest BCUT2D eigenvalue weighted by Crippen LogP contribution is 2.36. The van der Waals surface area contributed by atoms with Crippen LogP contribution in [0.2, 0.25) is 0 Å². The Hall–Kier alpha value is -4.20. The molecule has 8 unspecified atom stereocenters. The second-order valence-corrected chi connectivity index (χ2v) is 23.9. The predicted molar refractivity (Wildman–Crippen MR) is 305 cm³/mol. The molecule has 0 saturated carbocycles. The monoisotopic (exact) mass is 1290 g/mol. The quantitative estimate of drug-likeness (QED) is 0.0200. The lowest BCUT2D eigenvalue weighted by atomic mass is 9.97. The van der Waals surface area contributed by atoms with Crippen LogP contribution in [0.4, 0.5) is 0 Å². The molecule has 0 aromatic heterocycles. The molecule has 3 aliphatic rings. The summed E-state index contributed by atoms with van der Waals surface area (Å²) in [5.74, 6) is -3.17. The molecule has 3 saturated heterocycles. The highest BCUT2D eigenvalue weighted by Gasteiger charge is 2.48. The largest absolute Gasteiger partial charge is 0.394 e.